The third kappa shape index (κ3) is 4.33. The van der Waals surface area contributed by atoms with Gasteiger partial charge in [-0.1, -0.05) is 13.8 Å². The average molecular weight is 300 g/mol. The molecule has 0 radical (unpaired) electrons. The Balaban J connectivity index is 1.90. The standard InChI is InChI=1S/C14H24N2O3S/c1-11(2)15-7-13-6-14(19-9-13)8-16-4-5-20(17,18)10-12(16)3/h6,9,11-12,15H,4-5,7-8,10H2,1-3H3. The smallest absolute Gasteiger partial charge is 0.153 e. The summed E-state index contributed by atoms with van der Waals surface area (Å²) >= 11 is 0. The van der Waals surface area contributed by atoms with Crippen LogP contribution in [0.25, 0.3) is 0 Å². The average Bonchev–Trinajstić information content (AvgIpc) is 2.77. The molecule has 0 spiro atoms. The minimum atomic E-state index is -2.85. The number of hydrogen-bond donors (Lipinski definition) is 1. The lowest BCUT2D eigenvalue weighted by molar-refractivity contribution is 0.201. The number of nitrogens with one attached hydrogen (secondary N) is 1. The van der Waals surface area contributed by atoms with Gasteiger partial charge in [-0.2, -0.15) is 0 Å². The summed E-state index contributed by atoms with van der Waals surface area (Å²) in [4.78, 5) is 2.17. The lowest BCUT2D eigenvalue weighted by atomic mass is 10.2. The summed E-state index contributed by atoms with van der Waals surface area (Å²) in [5.74, 6) is 1.40. The van der Waals surface area contributed by atoms with Gasteiger partial charge in [0.15, 0.2) is 9.84 Å². The van der Waals surface area contributed by atoms with E-state index in [9.17, 15) is 8.42 Å². The van der Waals surface area contributed by atoms with Crippen LogP contribution in [0.15, 0.2) is 16.7 Å². The van der Waals surface area contributed by atoms with Gasteiger partial charge in [0.2, 0.25) is 0 Å². The third-order valence-corrected chi connectivity index (χ3v) is 5.38. The monoisotopic (exact) mass is 300 g/mol. The zero-order valence-electron chi connectivity index (χ0n) is 12.4. The molecule has 1 unspecified atom stereocenters. The van der Waals surface area contributed by atoms with Gasteiger partial charge >= 0.3 is 0 Å². The highest BCUT2D eigenvalue weighted by atomic mass is 32.2. The number of rotatable bonds is 5. The second-order valence-electron chi connectivity index (χ2n) is 5.89. The van der Waals surface area contributed by atoms with Crippen LogP contribution >= 0.6 is 0 Å². The van der Waals surface area contributed by atoms with Crippen molar-refractivity contribution in [3.8, 4) is 0 Å². The maximum Gasteiger partial charge on any atom is 0.153 e. The van der Waals surface area contributed by atoms with E-state index in [1.807, 2.05) is 13.0 Å². The number of sulfone groups is 1. The Hall–Kier alpha value is -0.850. The van der Waals surface area contributed by atoms with Crippen molar-refractivity contribution < 1.29 is 12.8 Å². The Bertz CT molecular complexity index is 536. The van der Waals surface area contributed by atoms with E-state index in [-0.39, 0.29) is 17.5 Å². The second kappa shape index (κ2) is 6.28. The molecule has 1 aliphatic rings. The van der Waals surface area contributed by atoms with Gasteiger partial charge in [0.25, 0.3) is 0 Å². The number of nitrogens with zero attached hydrogens (tertiary/aromatic N) is 1. The molecular weight excluding hydrogens is 276 g/mol. The maximum atomic E-state index is 11.6. The first kappa shape index (κ1) is 15.5. The van der Waals surface area contributed by atoms with E-state index in [1.165, 1.54) is 0 Å². The molecule has 6 heteroatoms. The van der Waals surface area contributed by atoms with Crippen molar-refractivity contribution in [2.45, 2.75) is 45.9 Å². The zero-order chi connectivity index (χ0) is 14.8. The van der Waals surface area contributed by atoms with E-state index in [0.717, 1.165) is 17.9 Å². The quantitative estimate of drug-likeness (QED) is 0.890. The second-order valence-corrected chi connectivity index (χ2v) is 8.12. The first-order valence-corrected chi connectivity index (χ1v) is 8.92. The van der Waals surface area contributed by atoms with Crippen LogP contribution in [-0.2, 0) is 22.9 Å². The molecule has 1 saturated heterocycles. The van der Waals surface area contributed by atoms with Gasteiger partial charge in [-0.25, -0.2) is 8.42 Å². The van der Waals surface area contributed by atoms with Crippen LogP contribution in [0.3, 0.4) is 0 Å². The van der Waals surface area contributed by atoms with Crippen LogP contribution in [0.4, 0.5) is 0 Å². The predicted molar refractivity (Wildman–Crippen MR) is 79.2 cm³/mol. The summed E-state index contributed by atoms with van der Waals surface area (Å²) in [6, 6.07) is 2.54. The molecule has 0 aliphatic carbocycles. The molecule has 1 aliphatic heterocycles. The van der Waals surface area contributed by atoms with Crippen molar-refractivity contribution in [2.24, 2.45) is 0 Å². The SMILES string of the molecule is CC(C)NCc1coc(CN2CCS(=O)(=O)CC2C)c1. The Labute approximate surface area is 121 Å². The Kier molecular flexibility index (Phi) is 4.88. The summed E-state index contributed by atoms with van der Waals surface area (Å²) in [5, 5.41) is 3.35. The molecule has 0 saturated carbocycles. The normalized spacial score (nSPS) is 23.3. The fraction of sp³-hybridized carbons (Fsp3) is 0.714. The van der Waals surface area contributed by atoms with Crippen molar-refractivity contribution in [3.63, 3.8) is 0 Å². The van der Waals surface area contributed by atoms with Crippen LogP contribution in [0.1, 0.15) is 32.1 Å². The van der Waals surface area contributed by atoms with Gasteiger partial charge in [0.05, 0.1) is 24.3 Å². The Morgan fingerprint density at radius 2 is 2.25 bits per heavy atom. The largest absolute Gasteiger partial charge is 0.468 e. The molecule has 1 aromatic rings. The maximum absolute atomic E-state index is 11.6. The summed E-state index contributed by atoms with van der Waals surface area (Å²) in [7, 11) is -2.85. The highest BCUT2D eigenvalue weighted by molar-refractivity contribution is 7.91. The summed E-state index contributed by atoms with van der Waals surface area (Å²) in [6.45, 7) is 8.24. The van der Waals surface area contributed by atoms with E-state index < -0.39 is 9.84 Å². The minimum absolute atomic E-state index is 0.0519. The van der Waals surface area contributed by atoms with Crippen LogP contribution in [-0.4, -0.2) is 43.5 Å². The summed E-state index contributed by atoms with van der Waals surface area (Å²) < 4.78 is 28.7. The van der Waals surface area contributed by atoms with E-state index >= 15 is 0 Å². The topological polar surface area (TPSA) is 62.6 Å². The van der Waals surface area contributed by atoms with Crippen molar-refractivity contribution in [3.05, 3.63) is 23.7 Å². The molecule has 20 heavy (non-hydrogen) atoms. The van der Waals surface area contributed by atoms with Crippen LogP contribution in [0, 0.1) is 0 Å². The van der Waals surface area contributed by atoms with Gasteiger partial charge in [0, 0.05) is 30.7 Å². The summed E-state index contributed by atoms with van der Waals surface area (Å²) in [5.41, 5.74) is 1.13. The van der Waals surface area contributed by atoms with E-state index in [0.29, 0.717) is 19.1 Å². The van der Waals surface area contributed by atoms with Crippen molar-refractivity contribution in [1.29, 1.82) is 0 Å². The predicted octanol–water partition coefficient (Wildman–Crippen LogP) is 1.40. The van der Waals surface area contributed by atoms with E-state index in [2.05, 4.69) is 24.1 Å². The minimum Gasteiger partial charge on any atom is -0.468 e. The highest BCUT2D eigenvalue weighted by Gasteiger charge is 2.28. The van der Waals surface area contributed by atoms with Crippen LogP contribution in [0.2, 0.25) is 0 Å². The van der Waals surface area contributed by atoms with Crippen LogP contribution in [0.5, 0.6) is 0 Å². The molecule has 1 aromatic heterocycles. The first-order chi connectivity index (χ1) is 9.35. The van der Waals surface area contributed by atoms with E-state index in [1.54, 1.807) is 6.26 Å². The third-order valence-electron chi connectivity index (χ3n) is 3.59. The first-order valence-electron chi connectivity index (χ1n) is 7.10. The zero-order valence-corrected chi connectivity index (χ0v) is 13.2. The van der Waals surface area contributed by atoms with Gasteiger partial charge in [-0.3, -0.25) is 4.90 Å². The fourth-order valence-corrected chi connectivity index (χ4v) is 4.02. The Morgan fingerprint density at radius 1 is 1.50 bits per heavy atom. The summed E-state index contributed by atoms with van der Waals surface area (Å²) in [6.07, 6.45) is 1.77. The molecule has 2 heterocycles. The molecule has 0 aromatic carbocycles. The number of hydrogen-bond acceptors (Lipinski definition) is 5. The highest BCUT2D eigenvalue weighted by Crippen LogP contribution is 2.17. The van der Waals surface area contributed by atoms with Gasteiger partial charge in [-0.05, 0) is 13.0 Å². The van der Waals surface area contributed by atoms with Gasteiger partial charge in [-0.15, -0.1) is 0 Å². The van der Waals surface area contributed by atoms with Crippen molar-refractivity contribution in [1.82, 2.24) is 10.2 Å². The molecule has 5 nitrogen and oxygen atoms in total. The van der Waals surface area contributed by atoms with Gasteiger partial charge < -0.3 is 9.73 Å². The Morgan fingerprint density at radius 3 is 2.90 bits per heavy atom. The molecule has 1 N–H and O–H groups in total. The molecular formula is C14H24N2O3S. The molecule has 1 fully saturated rings. The number of furan rings is 1. The molecule has 1 atom stereocenters. The lowest BCUT2D eigenvalue weighted by Gasteiger charge is -2.32. The molecule has 0 bridgehead atoms. The molecule has 114 valence electrons. The molecule has 2 rings (SSSR count). The van der Waals surface area contributed by atoms with Crippen molar-refractivity contribution in [2.75, 3.05) is 18.1 Å². The van der Waals surface area contributed by atoms with Crippen molar-refractivity contribution >= 4 is 9.84 Å². The lowest BCUT2D eigenvalue weighted by Crippen LogP contribution is -2.46. The van der Waals surface area contributed by atoms with Gasteiger partial charge in [0.1, 0.15) is 5.76 Å². The van der Waals surface area contributed by atoms with E-state index in [4.69, 9.17) is 4.42 Å². The molecule has 0 amide bonds. The van der Waals surface area contributed by atoms with Crippen LogP contribution < -0.4 is 5.32 Å². The fourth-order valence-electron chi connectivity index (χ4n) is 2.39.